The molecule has 1 aromatic heterocycles. The van der Waals surface area contributed by atoms with Crippen LogP contribution in [0.2, 0.25) is 5.02 Å². The average molecular weight is 490 g/mol. The lowest BCUT2D eigenvalue weighted by Gasteiger charge is -2.41. The van der Waals surface area contributed by atoms with Crippen LogP contribution >= 0.6 is 11.6 Å². The number of aliphatic hydroxyl groups excluding tert-OH is 4. The van der Waals surface area contributed by atoms with E-state index in [-0.39, 0.29) is 13.2 Å². The summed E-state index contributed by atoms with van der Waals surface area (Å²) in [6, 6.07) is 13.0. The van der Waals surface area contributed by atoms with Crippen molar-refractivity contribution >= 4 is 11.6 Å². The minimum absolute atomic E-state index is 0.0844. The quantitative estimate of drug-likeness (QED) is 0.375. The van der Waals surface area contributed by atoms with Gasteiger partial charge in [0.25, 0.3) is 0 Å². The third-order valence-electron chi connectivity index (χ3n) is 5.85. The first kappa shape index (κ1) is 24.6. The van der Waals surface area contributed by atoms with Gasteiger partial charge in [0.05, 0.1) is 26.0 Å². The van der Waals surface area contributed by atoms with Gasteiger partial charge in [0, 0.05) is 5.02 Å². The van der Waals surface area contributed by atoms with Crippen LogP contribution in [0.4, 0.5) is 0 Å². The van der Waals surface area contributed by atoms with Gasteiger partial charge >= 0.3 is 0 Å². The smallest absolute Gasteiger partial charge is 0.119 e. The molecular weight excluding hydrogens is 462 g/mol. The standard InChI is InChI=1S/C24H28ClN3O6/c1-2-33-18-6-3-14(4-7-18)9-16-10-15(5-8-19(16)25)24-23(32)22(31)21(30)20(34-24)12-28-11-17(13-29)26-27-28/h3-8,10-11,20-24,29-32H,2,9,12-13H2,1H3. The van der Waals surface area contributed by atoms with Gasteiger partial charge in [-0.15, -0.1) is 5.10 Å². The van der Waals surface area contributed by atoms with Crippen LogP contribution in [0.5, 0.6) is 5.75 Å². The van der Waals surface area contributed by atoms with Crippen LogP contribution in [0.15, 0.2) is 48.7 Å². The molecule has 1 aliphatic heterocycles. The van der Waals surface area contributed by atoms with Crippen molar-refractivity contribution in [2.45, 2.75) is 57.0 Å². The van der Waals surface area contributed by atoms with Crippen molar-refractivity contribution in [3.05, 3.63) is 76.1 Å². The molecule has 1 saturated heterocycles. The summed E-state index contributed by atoms with van der Waals surface area (Å²) in [4.78, 5) is 0. The van der Waals surface area contributed by atoms with Gasteiger partial charge in [-0.1, -0.05) is 41.1 Å². The highest BCUT2D eigenvalue weighted by Crippen LogP contribution is 2.35. The van der Waals surface area contributed by atoms with Gasteiger partial charge < -0.3 is 29.9 Å². The fourth-order valence-corrected chi connectivity index (χ4v) is 4.24. The first-order chi connectivity index (χ1) is 16.4. The van der Waals surface area contributed by atoms with Crippen LogP contribution < -0.4 is 4.74 Å². The van der Waals surface area contributed by atoms with E-state index in [0.29, 0.717) is 29.3 Å². The molecule has 3 aromatic rings. The van der Waals surface area contributed by atoms with Gasteiger partial charge in [-0.05, 0) is 48.2 Å². The van der Waals surface area contributed by atoms with Crippen molar-refractivity contribution < 1.29 is 29.9 Å². The molecule has 1 fully saturated rings. The van der Waals surface area contributed by atoms with Crippen molar-refractivity contribution in [1.29, 1.82) is 0 Å². The molecule has 34 heavy (non-hydrogen) atoms. The van der Waals surface area contributed by atoms with Gasteiger partial charge in [0.1, 0.15) is 42.0 Å². The van der Waals surface area contributed by atoms with Crippen molar-refractivity contribution in [3.8, 4) is 5.75 Å². The second-order valence-corrected chi connectivity index (χ2v) is 8.67. The fraction of sp³-hybridized carbons (Fsp3) is 0.417. The largest absolute Gasteiger partial charge is 0.494 e. The van der Waals surface area contributed by atoms with Crippen molar-refractivity contribution in [2.75, 3.05) is 6.61 Å². The van der Waals surface area contributed by atoms with E-state index < -0.39 is 30.5 Å². The molecule has 9 nitrogen and oxygen atoms in total. The number of ether oxygens (including phenoxy) is 2. The van der Waals surface area contributed by atoms with Crippen LogP contribution in [0.3, 0.4) is 0 Å². The Morgan fingerprint density at radius 3 is 2.50 bits per heavy atom. The molecule has 4 rings (SSSR count). The third-order valence-corrected chi connectivity index (χ3v) is 6.22. The Morgan fingerprint density at radius 2 is 1.82 bits per heavy atom. The molecule has 0 bridgehead atoms. The summed E-state index contributed by atoms with van der Waals surface area (Å²) in [6.07, 6.45) is -3.76. The molecule has 0 radical (unpaired) electrons. The van der Waals surface area contributed by atoms with E-state index in [4.69, 9.17) is 21.1 Å². The second kappa shape index (κ2) is 10.8. The van der Waals surface area contributed by atoms with E-state index in [1.54, 1.807) is 12.1 Å². The lowest BCUT2D eigenvalue weighted by molar-refractivity contribution is -0.228. The van der Waals surface area contributed by atoms with E-state index in [1.165, 1.54) is 10.9 Å². The van der Waals surface area contributed by atoms with Crippen LogP contribution in [0.25, 0.3) is 0 Å². The Bertz CT molecular complexity index is 1090. The van der Waals surface area contributed by atoms with E-state index in [9.17, 15) is 20.4 Å². The number of benzene rings is 2. The molecule has 2 aromatic carbocycles. The summed E-state index contributed by atoms with van der Waals surface area (Å²) in [6.45, 7) is 2.35. The van der Waals surface area contributed by atoms with E-state index >= 15 is 0 Å². The van der Waals surface area contributed by atoms with Gasteiger partial charge in [0.2, 0.25) is 0 Å². The number of aliphatic hydroxyl groups is 4. The maximum absolute atomic E-state index is 10.7. The predicted molar refractivity (Wildman–Crippen MR) is 123 cm³/mol. The molecule has 1 aliphatic rings. The molecule has 4 N–H and O–H groups in total. The number of rotatable bonds is 8. The summed E-state index contributed by atoms with van der Waals surface area (Å²) in [7, 11) is 0. The first-order valence-electron chi connectivity index (χ1n) is 11.1. The van der Waals surface area contributed by atoms with Gasteiger partial charge in [-0.3, -0.25) is 0 Å². The minimum Gasteiger partial charge on any atom is -0.494 e. The molecule has 0 aliphatic carbocycles. The van der Waals surface area contributed by atoms with E-state index in [1.807, 2.05) is 37.3 Å². The summed E-state index contributed by atoms with van der Waals surface area (Å²) in [5, 5.41) is 49.1. The Labute approximate surface area is 202 Å². The third kappa shape index (κ3) is 5.41. The van der Waals surface area contributed by atoms with Crippen molar-refractivity contribution in [2.24, 2.45) is 0 Å². The highest BCUT2D eigenvalue weighted by Gasteiger charge is 2.44. The van der Waals surface area contributed by atoms with Crippen LogP contribution in [0, 0.1) is 0 Å². The zero-order chi connectivity index (χ0) is 24.2. The second-order valence-electron chi connectivity index (χ2n) is 8.26. The fourth-order valence-electron chi connectivity index (χ4n) is 4.06. The van der Waals surface area contributed by atoms with Gasteiger partial charge in [0.15, 0.2) is 0 Å². The normalized spacial score (nSPS) is 24.8. The Morgan fingerprint density at radius 1 is 1.06 bits per heavy atom. The number of nitrogens with zero attached hydrogens (tertiary/aromatic N) is 3. The van der Waals surface area contributed by atoms with Crippen molar-refractivity contribution in [1.82, 2.24) is 15.0 Å². The van der Waals surface area contributed by atoms with Crippen LogP contribution in [-0.4, -0.2) is 66.4 Å². The average Bonchev–Trinajstić information content (AvgIpc) is 3.30. The number of hydrogen-bond donors (Lipinski definition) is 4. The first-order valence-corrected chi connectivity index (χ1v) is 11.5. The van der Waals surface area contributed by atoms with Gasteiger partial charge in [-0.25, -0.2) is 4.68 Å². The lowest BCUT2D eigenvalue weighted by atomic mass is 9.90. The van der Waals surface area contributed by atoms with Gasteiger partial charge in [-0.2, -0.15) is 0 Å². The molecule has 10 heteroatoms. The summed E-state index contributed by atoms with van der Waals surface area (Å²) >= 11 is 6.45. The molecule has 0 saturated carbocycles. The Kier molecular flexibility index (Phi) is 7.82. The van der Waals surface area contributed by atoms with E-state index in [0.717, 1.165) is 16.9 Å². The molecule has 5 unspecified atom stereocenters. The molecule has 0 spiro atoms. The summed E-state index contributed by atoms with van der Waals surface area (Å²) in [5.74, 6) is 0.793. The zero-order valence-electron chi connectivity index (χ0n) is 18.7. The lowest BCUT2D eigenvalue weighted by Crippen LogP contribution is -2.55. The SMILES string of the molecule is CCOc1ccc(Cc2cc(C3OC(Cn4cc(CO)nn4)C(O)C(O)C3O)ccc2Cl)cc1. The summed E-state index contributed by atoms with van der Waals surface area (Å²) in [5.41, 5.74) is 2.87. The maximum Gasteiger partial charge on any atom is 0.119 e. The van der Waals surface area contributed by atoms with Crippen LogP contribution in [-0.2, 0) is 24.3 Å². The molecule has 0 amide bonds. The van der Waals surface area contributed by atoms with Crippen molar-refractivity contribution in [3.63, 3.8) is 0 Å². The molecular formula is C24H28ClN3O6. The zero-order valence-corrected chi connectivity index (χ0v) is 19.4. The Hall–Kier alpha value is -2.53. The minimum atomic E-state index is -1.42. The highest BCUT2D eigenvalue weighted by molar-refractivity contribution is 6.31. The van der Waals surface area contributed by atoms with Crippen LogP contribution in [0.1, 0.15) is 35.4 Å². The molecule has 182 valence electrons. The topological polar surface area (TPSA) is 130 Å². The highest BCUT2D eigenvalue weighted by atomic mass is 35.5. The molecule has 2 heterocycles. The monoisotopic (exact) mass is 489 g/mol. The molecule has 5 atom stereocenters. The number of halogens is 1. The number of aromatic nitrogens is 3. The summed E-state index contributed by atoms with van der Waals surface area (Å²) < 4.78 is 12.9. The van der Waals surface area contributed by atoms with E-state index in [2.05, 4.69) is 10.3 Å². The predicted octanol–water partition coefficient (Wildman–Crippen LogP) is 1.64. The number of hydrogen-bond acceptors (Lipinski definition) is 8. The maximum atomic E-state index is 10.7. The Balaban J connectivity index is 1.54.